The second-order valence-electron chi connectivity index (χ2n) is 9.77. The van der Waals surface area contributed by atoms with Gasteiger partial charge < -0.3 is 20.6 Å². The summed E-state index contributed by atoms with van der Waals surface area (Å²) in [7, 11) is 0. The van der Waals surface area contributed by atoms with Crippen LogP contribution in [0.1, 0.15) is 68.1 Å². The zero-order valence-corrected chi connectivity index (χ0v) is 21.3. The lowest BCUT2D eigenvalue weighted by Gasteiger charge is -2.31. The number of carboxylic acids is 1. The lowest BCUT2D eigenvalue weighted by atomic mass is 9.92. The van der Waals surface area contributed by atoms with Gasteiger partial charge in [0.1, 0.15) is 5.52 Å². The largest absolute Gasteiger partial charge is 0.478 e. The molecule has 1 amide bonds. The third kappa shape index (κ3) is 5.72. The smallest absolute Gasteiger partial charge is 0.335 e. The van der Waals surface area contributed by atoms with Crippen molar-refractivity contribution >= 4 is 34.5 Å². The second kappa shape index (κ2) is 10.9. The minimum absolute atomic E-state index is 0.135. The quantitative estimate of drug-likeness (QED) is 0.426. The first kappa shape index (κ1) is 25.3. The first-order valence-electron chi connectivity index (χ1n) is 12.5. The molecule has 0 spiro atoms. The molecule has 1 aliphatic heterocycles. The van der Waals surface area contributed by atoms with Gasteiger partial charge in [-0.15, -0.1) is 0 Å². The van der Waals surface area contributed by atoms with Crippen molar-refractivity contribution in [1.82, 2.24) is 19.9 Å². The highest BCUT2D eigenvalue weighted by molar-refractivity contribution is 5.91. The lowest BCUT2D eigenvalue weighted by molar-refractivity contribution is -0.130. The Kier molecular flexibility index (Phi) is 7.67. The van der Waals surface area contributed by atoms with Gasteiger partial charge in [0.05, 0.1) is 11.3 Å². The number of aromatic carboxylic acids is 1. The zero-order chi connectivity index (χ0) is 25.8. The molecule has 9 nitrogen and oxygen atoms in total. The molecule has 2 aromatic heterocycles. The predicted molar refractivity (Wildman–Crippen MR) is 140 cm³/mol. The number of hydrogen-bond donors (Lipinski definition) is 3. The topological polar surface area (TPSA) is 120 Å². The van der Waals surface area contributed by atoms with E-state index in [1.807, 2.05) is 43.9 Å². The van der Waals surface area contributed by atoms with Crippen LogP contribution in [0.25, 0.3) is 10.9 Å². The van der Waals surface area contributed by atoms with Crippen LogP contribution in [-0.4, -0.2) is 62.5 Å². The second-order valence-corrected chi connectivity index (χ2v) is 9.77. The van der Waals surface area contributed by atoms with Gasteiger partial charge in [0, 0.05) is 50.1 Å². The van der Waals surface area contributed by atoms with Gasteiger partial charge >= 0.3 is 5.97 Å². The number of pyridine rings is 1. The van der Waals surface area contributed by atoms with Gasteiger partial charge in [-0.25, -0.2) is 19.7 Å². The highest BCUT2D eigenvalue weighted by Crippen LogP contribution is 2.31. The van der Waals surface area contributed by atoms with Crippen molar-refractivity contribution in [2.75, 3.05) is 30.3 Å². The van der Waals surface area contributed by atoms with Crippen LogP contribution in [0.5, 0.6) is 0 Å². The number of benzene rings is 1. The summed E-state index contributed by atoms with van der Waals surface area (Å²) in [4.78, 5) is 39.4. The number of nitrogens with zero attached hydrogens (tertiary/aromatic N) is 4. The van der Waals surface area contributed by atoms with E-state index >= 15 is 0 Å². The average molecular weight is 491 g/mol. The Hall–Kier alpha value is -3.75. The number of carboxylic acid groups (broad SMARTS) is 1. The minimum atomic E-state index is -0.954. The molecule has 1 fully saturated rings. The highest BCUT2D eigenvalue weighted by atomic mass is 16.4. The number of fused-ring (bicyclic) bond motifs is 1. The normalized spacial score (nSPS) is 15.2. The van der Waals surface area contributed by atoms with Crippen molar-refractivity contribution in [3.8, 4) is 0 Å². The Morgan fingerprint density at radius 3 is 2.53 bits per heavy atom. The van der Waals surface area contributed by atoms with E-state index in [0.717, 1.165) is 49.1 Å². The van der Waals surface area contributed by atoms with Gasteiger partial charge in [-0.1, -0.05) is 25.1 Å². The van der Waals surface area contributed by atoms with Crippen molar-refractivity contribution in [3.63, 3.8) is 0 Å². The zero-order valence-electron chi connectivity index (χ0n) is 21.3. The molecule has 1 aromatic carbocycles. The summed E-state index contributed by atoms with van der Waals surface area (Å²) >= 11 is 0. The van der Waals surface area contributed by atoms with E-state index < -0.39 is 5.97 Å². The summed E-state index contributed by atoms with van der Waals surface area (Å²) in [6.07, 6.45) is 3.71. The SMILES string of the molecule is CC(=O)N1CCC(CNc2ncc3cc(C(C)c4ccccc4C(=O)O)nc(NC(C)C)c3n2)CC1. The number of piperidine rings is 1. The molecule has 3 aromatic rings. The predicted octanol–water partition coefficient (Wildman–Crippen LogP) is 4.37. The molecule has 4 rings (SSSR count). The number of anilines is 2. The molecule has 0 bridgehead atoms. The van der Waals surface area contributed by atoms with Crippen LogP contribution in [0.15, 0.2) is 36.5 Å². The number of rotatable bonds is 8. The number of likely N-dealkylation sites (tertiary alicyclic amines) is 1. The monoisotopic (exact) mass is 490 g/mol. The summed E-state index contributed by atoms with van der Waals surface area (Å²) < 4.78 is 0. The average Bonchev–Trinajstić information content (AvgIpc) is 2.86. The van der Waals surface area contributed by atoms with E-state index in [1.54, 1.807) is 25.3 Å². The third-order valence-electron chi connectivity index (χ3n) is 6.72. The number of nitrogens with one attached hydrogen (secondary N) is 2. The van der Waals surface area contributed by atoms with Crippen LogP contribution in [0, 0.1) is 5.92 Å². The molecule has 3 N–H and O–H groups in total. The summed E-state index contributed by atoms with van der Waals surface area (Å²) in [5.41, 5.74) is 2.45. The van der Waals surface area contributed by atoms with E-state index in [1.165, 1.54) is 0 Å². The minimum Gasteiger partial charge on any atom is -0.478 e. The van der Waals surface area contributed by atoms with E-state index in [0.29, 0.717) is 23.2 Å². The summed E-state index contributed by atoms with van der Waals surface area (Å²) in [6, 6.07) is 9.10. The maximum Gasteiger partial charge on any atom is 0.335 e. The van der Waals surface area contributed by atoms with E-state index in [2.05, 4.69) is 15.6 Å². The van der Waals surface area contributed by atoms with E-state index in [4.69, 9.17) is 9.97 Å². The van der Waals surface area contributed by atoms with Crippen molar-refractivity contribution in [2.24, 2.45) is 5.92 Å². The first-order valence-corrected chi connectivity index (χ1v) is 12.5. The molecular formula is C27H34N6O3. The standard InChI is InChI=1S/C27H34N6O3/c1-16(2)30-25-24-20(13-23(31-25)17(3)21-7-5-6-8-22(21)26(35)36)15-29-27(32-24)28-14-19-9-11-33(12-10-19)18(4)34/h5-8,13,15-17,19H,9-12,14H2,1-4H3,(H,30,31)(H,35,36)(H,28,29,32). The maximum atomic E-state index is 11.8. The maximum absolute atomic E-state index is 11.8. The van der Waals surface area contributed by atoms with Crippen molar-refractivity contribution in [1.29, 1.82) is 0 Å². The molecule has 3 heterocycles. The molecule has 190 valence electrons. The van der Waals surface area contributed by atoms with Crippen LogP contribution < -0.4 is 10.6 Å². The van der Waals surface area contributed by atoms with E-state index in [-0.39, 0.29) is 23.4 Å². The molecule has 36 heavy (non-hydrogen) atoms. The molecular weight excluding hydrogens is 456 g/mol. The third-order valence-corrected chi connectivity index (χ3v) is 6.72. The number of hydrogen-bond acceptors (Lipinski definition) is 7. The Balaban J connectivity index is 1.59. The number of carbonyl (C=O) groups excluding carboxylic acids is 1. The van der Waals surface area contributed by atoms with Crippen LogP contribution in [-0.2, 0) is 4.79 Å². The van der Waals surface area contributed by atoms with Crippen LogP contribution in [0.4, 0.5) is 11.8 Å². The van der Waals surface area contributed by atoms with Gasteiger partial charge in [0.2, 0.25) is 11.9 Å². The van der Waals surface area contributed by atoms with Gasteiger partial charge in [-0.3, -0.25) is 4.79 Å². The Morgan fingerprint density at radius 1 is 1.14 bits per heavy atom. The first-order chi connectivity index (χ1) is 17.2. The Morgan fingerprint density at radius 2 is 1.86 bits per heavy atom. The number of amides is 1. The molecule has 1 aliphatic rings. The van der Waals surface area contributed by atoms with Crippen molar-refractivity contribution < 1.29 is 14.7 Å². The number of carbonyl (C=O) groups is 2. The summed E-state index contributed by atoms with van der Waals surface area (Å²) in [6.45, 7) is 9.99. The molecule has 0 saturated carbocycles. The molecule has 0 radical (unpaired) electrons. The summed E-state index contributed by atoms with van der Waals surface area (Å²) in [5, 5.41) is 17.2. The molecule has 1 unspecified atom stereocenters. The number of aromatic nitrogens is 3. The molecule has 9 heteroatoms. The van der Waals surface area contributed by atoms with Crippen LogP contribution in [0.3, 0.4) is 0 Å². The fourth-order valence-corrected chi connectivity index (χ4v) is 4.66. The van der Waals surface area contributed by atoms with Crippen LogP contribution in [0.2, 0.25) is 0 Å². The molecule has 1 atom stereocenters. The van der Waals surface area contributed by atoms with Crippen molar-refractivity contribution in [2.45, 2.75) is 52.5 Å². The fourth-order valence-electron chi connectivity index (χ4n) is 4.66. The van der Waals surface area contributed by atoms with Crippen molar-refractivity contribution in [3.05, 3.63) is 53.3 Å². The fraction of sp³-hybridized carbons (Fsp3) is 0.444. The van der Waals surface area contributed by atoms with Gasteiger partial charge in [0.15, 0.2) is 5.82 Å². The van der Waals surface area contributed by atoms with E-state index in [9.17, 15) is 14.7 Å². The summed E-state index contributed by atoms with van der Waals surface area (Å²) in [5.74, 6) is 0.610. The molecule has 0 aliphatic carbocycles. The highest BCUT2D eigenvalue weighted by Gasteiger charge is 2.22. The van der Waals surface area contributed by atoms with Crippen LogP contribution >= 0.6 is 0 Å². The Labute approximate surface area is 211 Å². The van der Waals surface area contributed by atoms with Gasteiger partial charge in [0.25, 0.3) is 0 Å². The van der Waals surface area contributed by atoms with Gasteiger partial charge in [-0.05, 0) is 50.3 Å². The lowest BCUT2D eigenvalue weighted by Crippen LogP contribution is -2.38. The Bertz CT molecular complexity index is 1250. The van der Waals surface area contributed by atoms with Gasteiger partial charge in [-0.2, -0.15) is 0 Å². The molecule has 1 saturated heterocycles.